The average Bonchev–Trinajstić information content (AvgIpc) is 2.03. The zero-order chi connectivity index (χ0) is 8.10. The quantitative estimate of drug-likeness (QED) is 0.342. The molecule has 0 aromatic rings. The van der Waals surface area contributed by atoms with Crippen molar-refractivity contribution in [1.29, 1.82) is 0 Å². The predicted molar refractivity (Wildman–Crippen MR) is 40.7 cm³/mol. The molecule has 1 saturated carbocycles. The first-order chi connectivity index (χ1) is 5.29. The zero-order valence-corrected chi connectivity index (χ0v) is 7.58. The van der Waals surface area contributed by atoms with E-state index in [1.165, 1.54) is 19.3 Å². The summed E-state index contributed by atoms with van der Waals surface area (Å²) < 4.78 is 0. The summed E-state index contributed by atoms with van der Waals surface area (Å²) in [5.74, 6) is -0.586. The Bertz CT molecular complexity index is 160. The van der Waals surface area contributed by atoms with Crippen molar-refractivity contribution in [1.82, 2.24) is 0 Å². The fourth-order valence-electron chi connectivity index (χ4n) is 1.54. The predicted octanol–water partition coefficient (Wildman–Crippen LogP) is -2.12. The third-order valence-corrected chi connectivity index (χ3v) is 2.15. The van der Waals surface area contributed by atoms with Gasteiger partial charge in [-0.3, -0.25) is 0 Å². The third-order valence-electron chi connectivity index (χ3n) is 2.15. The van der Waals surface area contributed by atoms with E-state index in [0.29, 0.717) is 5.92 Å². The van der Waals surface area contributed by atoms with Crippen LogP contribution in [-0.2, 0) is 4.79 Å². The molecule has 0 aromatic heterocycles. The Balaban J connectivity index is 0.00000121. The molecule has 0 saturated heterocycles. The van der Waals surface area contributed by atoms with Gasteiger partial charge in [0.05, 0.1) is 5.97 Å². The molecule has 0 atom stereocenters. The van der Waals surface area contributed by atoms with E-state index >= 15 is 0 Å². The number of allylic oxidation sites excluding steroid dienone is 1. The van der Waals surface area contributed by atoms with E-state index in [0.717, 1.165) is 18.9 Å². The molecule has 1 fully saturated rings. The van der Waals surface area contributed by atoms with Crippen molar-refractivity contribution >= 4 is 5.97 Å². The number of rotatable bonds is 2. The molecular weight excluding hydrogens is 147 g/mol. The molecule has 2 nitrogen and oxygen atoms in total. The van der Waals surface area contributed by atoms with Gasteiger partial charge in [0.1, 0.15) is 0 Å². The van der Waals surface area contributed by atoms with Gasteiger partial charge >= 0.3 is 18.9 Å². The first-order valence-corrected chi connectivity index (χ1v) is 4.18. The maximum atomic E-state index is 10.0. The monoisotopic (exact) mass is 160 g/mol. The number of carbonyl (C=O) groups is 1. The number of carboxylic acid groups (broad SMARTS) is 1. The van der Waals surface area contributed by atoms with E-state index in [2.05, 4.69) is 0 Å². The Labute approximate surface area is 85.2 Å². The summed E-state index contributed by atoms with van der Waals surface area (Å²) in [4.78, 5) is 10.0. The Morgan fingerprint density at radius 2 is 1.83 bits per heavy atom. The van der Waals surface area contributed by atoms with Gasteiger partial charge in [-0.1, -0.05) is 25.3 Å². The fourth-order valence-corrected chi connectivity index (χ4v) is 1.54. The second kappa shape index (κ2) is 6.34. The van der Waals surface area contributed by atoms with Crippen LogP contribution in [0.3, 0.4) is 0 Å². The maximum Gasteiger partial charge on any atom is 1.00 e. The summed E-state index contributed by atoms with van der Waals surface area (Å²) in [6.07, 6.45) is 9.00. The smallest absolute Gasteiger partial charge is 0.545 e. The van der Waals surface area contributed by atoms with Crippen LogP contribution in [-0.4, -0.2) is 5.97 Å². The van der Waals surface area contributed by atoms with Crippen LogP contribution >= 0.6 is 0 Å². The first kappa shape index (κ1) is 11.8. The van der Waals surface area contributed by atoms with Gasteiger partial charge in [-0.15, -0.1) is 0 Å². The van der Waals surface area contributed by atoms with Crippen molar-refractivity contribution in [3.05, 3.63) is 12.2 Å². The van der Waals surface area contributed by atoms with Crippen LogP contribution in [0.5, 0.6) is 0 Å². The molecule has 12 heavy (non-hydrogen) atoms. The van der Waals surface area contributed by atoms with Crippen LogP contribution in [0.1, 0.15) is 32.1 Å². The number of hydrogen-bond donors (Lipinski definition) is 0. The van der Waals surface area contributed by atoms with E-state index in [-0.39, 0.29) is 18.9 Å². The van der Waals surface area contributed by atoms with Crippen LogP contribution in [0.4, 0.5) is 0 Å². The van der Waals surface area contributed by atoms with Crippen LogP contribution in [0, 0.1) is 5.92 Å². The normalized spacial score (nSPS) is 19.0. The van der Waals surface area contributed by atoms with Crippen LogP contribution < -0.4 is 24.0 Å². The minimum Gasteiger partial charge on any atom is -0.545 e. The Hall–Kier alpha value is -0.193. The summed E-state index contributed by atoms with van der Waals surface area (Å²) in [5, 5.41) is 10.0. The summed E-state index contributed by atoms with van der Waals surface area (Å²) in [6, 6.07) is 0. The Morgan fingerprint density at radius 1 is 1.25 bits per heavy atom. The van der Waals surface area contributed by atoms with Gasteiger partial charge in [0, 0.05) is 0 Å². The molecule has 0 bridgehead atoms. The van der Waals surface area contributed by atoms with Gasteiger partial charge in [0.15, 0.2) is 0 Å². The van der Waals surface area contributed by atoms with Crippen molar-refractivity contribution in [3.8, 4) is 0 Å². The minimum absolute atomic E-state index is 0. The summed E-state index contributed by atoms with van der Waals surface area (Å²) in [6.45, 7) is 0. The number of aliphatic carboxylic acids is 1. The molecule has 1 aliphatic rings. The number of carboxylic acids is 1. The summed E-state index contributed by atoms with van der Waals surface area (Å²) >= 11 is 0. The second-order valence-electron chi connectivity index (χ2n) is 3.08. The van der Waals surface area contributed by atoms with Gasteiger partial charge < -0.3 is 9.90 Å². The van der Waals surface area contributed by atoms with Gasteiger partial charge in [0.2, 0.25) is 0 Å². The average molecular weight is 160 g/mol. The molecule has 62 valence electrons. The Morgan fingerprint density at radius 3 is 2.33 bits per heavy atom. The molecular formula is C9H13LiO2. The minimum atomic E-state index is -1.07. The summed E-state index contributed by atoms with van der Waals surface area (Å²) in [7, 11) is 0. The SMILES string of the molecule is O=C([O-])C=CC1CCCCC1.[Li+]. The molecule has 0 aromatic carbocycles. The molecule has 1 aliphatic carbocycles. The number of hydrogen-bond acceptors (Lipinski definition) is 2. The molecule has 1 rings (SSSR count). The van der Waals surface area contributed by atoms with E-state index < -0.39 is 5.97 Å². The maximum absolute atomic E-state index is 10.0. The second-order valence-corrected chi connectivity index (χ2v) is 3.08. The van der Waals surface area contributed by atoms with E-state index in [9.17, 15) is 9.90 Å². The summed E-state index contributed by atoms with van der Waals surface area (Å²) in [5.41, 5.74) is 0. The van der Waals surface area contributed by atoms with Crippen LogP contribution in [0.25, 0.3) is 0 Å². The van der Waals surface area contributed by atoms with E-state index in [1.807, 2.05) is 0 Å². The van der Waals surface area contributed by atoms with Gasteiger partial charge in [-0.05, 0) is 24.8 Å². The van der Waals surface area contributed by atoms with Crippen molar-refractivity contribution < 1.29 is 28.8 Å². The van der Waals surface area contributed by atoms with E-state index in [1.54, 1.807) is 6.08 Å². The Kier molecular flexibility index (Phi) is 6.24. The number of carbonyl (C=O) groups excluding carboxylic acids is 1. The molecule has 0 aliphatic heterocycles. The van der Waals surface area contributed by atoms with Crippen molar-refractivity contribution in [2.75, 3.05) is 0 Å². The van der Waals surface area contributed by atoms with Gasteiger partial charge in [-0.2, -0.15) is 0 Å². The van der Waals surface area contributed by atoms with Crippen molar-refractivity contribution in [2.24, 2.45) is 5.92 Å². The van der Waals surface area contributed by atoms with Crippen molar-refractivity contribution in [2.45, 2.75) is 32.1 Å². The molecule has 0 N–H and O–H groups in total. The van der Waals surface area contributed by atoms with Gasteiger partial charge in [-0.25, -0.2) is 0 Å². The molecule has 0 unspecified atom stereocenters. The van der Waals surface area contributed by atoms with Crippen LogP contribution in [0.15, 0.2) is 12.2 Å². The first-order valence-electron chi connectivity index (χ1n) is 4.18. The molecule has 0 heterocycles. The molecule has 0 amide bonds. The molecule has 0 spiro atoms. The van der Waals surface area contributed by atoms with Gasteiger partial charge in [0.25, 0.3) is 0 Å². The third kappa shape index (κ3) is 4.64. The van der Waals surface area contributed by atoms with E-state index in [4.69, 9.17) is 0 Å². The molecule has 0 radical (unpaired) electrons. The van der Waals surface area contributed by atoms with Crippen LogP contribution in [0.2, 0.25) is 0 Å². The fraction of sp³-hybridized carbons (Fsp3) is 0.667. The zero-order valence-electron chi connectivity index (χ0n) is 7.58. The largest absolute Gasteiger partial charge is 1.00 e. The standard InChI is InChI=1S/C9H14O2.Li/c10-9(11)7-6-8-4-2-1-3-5-8;/h6-8H,1-5H2,(H,10,11);/q;+1/p-1. The molecule has 3 heteroatoms. The topological polar surface area (TPSA) is 40.1 Å². The van der Waals surface area contributed by atoms with Crippen molar-refractivity contribution in [3.63, 3.8) is 0 Å².